The number of hydrogen-bond donors (Lipinski definition) is 1. The first-order valence-electron chi connectivity index (χ1n) is 8.00. The van der Waals surface area contributed by atoms with Crippen molar-refractivity contribution < 1.29 is 9.90 Å². The zero-order valence-electron chi connectivity index (χ0n) is 13.1. The molecule has 0 aromatic heterocycles. The van der Waals surface area contributed by atoms with Crippen molar-refractivity contribution in [3.05, 3.63) is 29.8 Å². The quantitative estimate of drug-likeness (QED) is 0.904. The average molecular weight is 320 g/mol. The summed E-state index contributed by atoms with van der Waals surface area (Å²) < 4.78 is 0. The minimum atomic E-state index is -1.11. The second kappa shape index (κ2) is 6.50. The van der Waals surface area contributed by atoms with Gasteiger partial charge in [0.2, 0.25) is 0 Å². The van der Waals surface area contributed by atoms with Crippen LogP contribution in [0.1, 0.15) is 18.4 Å². The lowest BCUT2D eigenvalue weighted by Gasteiger charge is -2.41. The fourth-order valence-corrected chi connectivity index (χ4v) is 4.38. The number of carbonyl (C=O) groups excluding carboxylic acids is 1. The highest BCUT2D eigenvalue weighted by Crippen LogP contribution is 2.29. The zero-order valence-corrected chi connectivity index (χ0v) is 13.9. The summed E-state index contributed by atoms with van der Waals surface area (Å²) in [5, 5.41) is 10.6. The lowest BCUT2D eigenvalue weighted by molar-refractivity contribution is -0.152. The van der Waals surface area contributed by atoms with Gasteiger partial charge in [-0.15, -0.1) is 0 Å². The van der Waals surface area contributed by atoms with E-state index in [4.69, 9.17) is 0 Å². The summed E-state index contributed by atoms with van der Waals surface area (Å²) in [6.07, 6.45) is 1.18. The molecule has 1 aromatic carbocycles. The summed E-state index contributed by atoms with van der Waals surface area (Å²) in [5.74, 6) is 1.70. The molecule has 1 aromatic rings. The minimum absolute atomic E-state index is 0.0586. The third-order valence-corrected chi connectivity index (χ3v) is 5.64. The molecular formula is C17H24N2O2S. The van der Waals surface area contributed by atoms with Crippen LogP contribution in [0.25, 0.3) is 0 Å². The minimum Gasteiger partial charge on any atom is -0.380 e. The maximum Gasteiger partial charge on any atom is 0.254 e. The number of aryl methyl sites for hydroxylation is 1. The molecule has 0 radical (unpaired) electrons. The first-order chi connectivity index (χ1) is 10.6. The first-order valence-corrected chi connectivity index (χ1v) is 9.15. The Balaban J connectivity index is 1.60. The number of anilines is 1. The van der Waals surface area contributed by atoms with Crippen molar-refractivity contribution in [2.45, 2.75) is 25.4 Å². The molecule has 5 heteroatoms. The molecule has 2 aliphatic heterocycles. The fourth-order valence-electron chi connectivity index (χ4n) is 3.21. The summed E-state index contributed by atoms with van der Waals surface area (Å²) in [7, 11) is 0. The van der Waals surface area contributed by atoms with E-state index in [1.54, 1.807) is 0 Å². The van der Waals surface area contributed by atoms with Crippen LogP contribution >= 0.6 is 11.8 Å². The Hall–Kier alpha value is -1.20. The van der Waals surface area contributed by atoms with Crippen molar-refractivity contribution in [2.75, 3.05) is 42.6 Å². The molecule has 2 heterocycles. The van der Waals surface area contributed by atoms with E-state index >= 15 is 0 Å². The average Bonchev–Trinajstić information content (AvgIpc) is 2.55. The highest BCUT2D eigenvalue weighted by molar-refractivity contribution is 7.99. The number of carbonyl (C=O) groups is 1. The molecule has 3 rings (SSSR count). The summed E-state index contributed by atoms with van der Waals surface area (Å²) in [4.78, 5) is 16.8. The van der Waals surface area contributed by atoms with Crippen LogP contribution in [0.2, 0.25) is 0 Å². The third-order valence-electron chi connectivity index (χ3n) is 4.65. The number of thioether (sulfide) groups is 1. The molecule has 0 unspecified atom stereocenters. The van der Waals surface area contributed by atoms with E-state index in [-0.39, 0.29) is 5.91 Å². The van der Waals surface area contributed by atoms with E-state index in [1.807, 2.05) is 16.7 Å². The van der Waals surface area contributed by atoms with Gasteiger partial charge >= 0.3 is 0 Å². The van der Waals surface area contributed by atoms with E-state index in [0.717, 1.165) is 24.6 Å². The fraction of sp³-hybridized carbons (Fsp3) is 0.588. The Morgan fingerprint density at radius 1 is 1.18 bits per heavy atom. The monoisotopic (exact) mass is 320 g/mol. The highest BCUT2D eigenvalue weighted by Gasteiger charge is 2.40. The summed E-state index contributed by atoms with van der Waals surface area (Å²) in [5.41, 5.74) is 1.36. The maximum atomic E-state index is 12.6. The van der Waals surface area contributed by atoms with Gasteiger partial charge in [0, 0.05) is 31.9 Å². The van der Waals surface area contributed by atoms with Gasteiger partial charge in [0.25, 0.3) is 5.91 Å². The van der Waals surface area contributed by atoms with Crippen molar-refractivity contribution >= 4 is 23.4 Å². The van der Waals surface area contributed by atoms with E-state index < -0.39 is 5.60 Å². The van der Waals surface area contributed by atoms with Crippen LogP contribution in [0.15, 0.2) is 24.3 Å². The van der Waals surface area contributed by atoms with E-state index in [9.17, 15) is 9.90 Å². The molecule has 4 nitrogen and oxygen atoms in total. The van der Waals surface area contributed by atoms with E-state index in [1.165, 1.54) is 11.3 Å². The van der Waals surface area contributed by atoms with Gasteiger partial charge in [-0.2, -0.15) is 11.8 Å². The van der Waals surface area contributed by atoms with Gasteiger partial charge in [-0.1, -0.05) is 12.1 Å². The van der Waals surface area contributed by atoms with Crippen molar-refractivity contribution in [3.63, 3.8) is 0 Å². The molecule has 1 N–H and O–H groups in total. The van der Waals surface area contributed by atoms with E-state index in [0.29, 0.717) is 25.9 Å². The smallest absolute Gasteiger partial charge is 0.254 e. The van der Waals surface area contributed by atoms with Gasteiger partial charge in [-0.3, -0.25) is 4.79 Å². The number of piperazine rings is 1. The van der Waals surface area contributed by atoms with Crippen LogP contribution in [0.4, 0.5) is 5.69 Å². The second-order valence-electron chi connectivity index (χ2n) is 6.26. The molecule has 0 saturated carbocycles. The van der Waals surface area contributed by atoms with Crippen LogP contribution in [0.5, 0.6) is 0 Å². The number of hydrogen-bond acceptors (Lipinski definition) is 4. The van der Waals surface area contributed by atoms with Crippen LogP contribution in [-0.4, -0.2) is 59.2 Å². The highest BCUT2D eigenvalue weighted by atomic mass is 32.2. The Labute approximate surface area is 136 Å². The topological polar surface area (TPSA) is 43.8 Å². The van der Waals surface area contributed by atoms with Crippen LogP contribution in [0, 0.1) is 6.92 Å². The normalized spacial score (nSPS) is 21.7. The van der Waals surface area contributed by atoms with Gasteiger partial charge in [-0.05, 0) is 49.0 Å². The first kappa shape index (κ1) is 15.7. The summed E-state index contributed by atoms with van der Waals surface area (Å²) >= 11 is 1.82. The van der Waals surface area contributed by atoms with Gasteiger partial charge in [0.1, 0.15) is 5.60 Å². The predicted octanol–water partition coefficient (Wildman–Crippen LogP) is 1.90. The number of rotatable bonds is 2. The van der Waals surface area contributed by atoms with Crippen molar-refractivity contribution in [1.82, 2.24) is 4.90 Å². The number of benzene rings is 1. The number of aliphatic hydroxyl groups is 1. The summed E-state index contributed by atoms with van der Waals surface area (Å²) in [6.45, 7) is 5.16. The van der Waals surface area contributed by atoms with Crippen molar-refractivity contribution in [2.24, 2.45) is 0 Å². The van der Waals surface area contributed by atoms with E-state index in [2.05, 4.69) is 36.1 Å². The van der Waals surface area contributed by atoms with Crippen molar-refractivity contribution in [3.8, 4) is 0 Å². The molecule has 2 fully saturated rings. The van der Waals surface area contributed by atoms with Gasteiger partial charge in [-0.25, -0.2) is 0 Å². The van der Waals surface area contributed by atoms with Crippen molar-refractivity contribution in [1.29, 1.82) is 0 Å². The standard InChI is InChI=1S/C17H24N2O2S/c1-14-3-2-4-15(13-14)18-7-9-19(10-8-18)16(20)17(21)5-11-22-12-6-17/h2-4,13,21H,5-12H2,1H3. The van der Waals surface area contributed by atoms with Gasteiger partial charge in [0.15, 0.2) is 0 Å². The third kappa shape index (κ3) is 3.25. The molecule has 0 aliphatic carbocycles. The lowest BCUT2D eigenvalue weighted by Crippen LogP contribution is -2.56. The number of nitrogens with zero attached hydrogens (tertiary/aromatic N) is 2. The molecule has 0 spiro atoms. The van der Waals surface area contributed by atoms with Crippen LogP contribution < -0.4 is 4.90 Å². The predicted molar refractivity (Wildman–Crippen MR) is 91.5 cm³/mol. The Morgan fingerprint density at radius 2 is 1.86 bits per heavy atom. The zero-order chi connectivity index (χ0) is 15.6. The van der Waals surface area contributed by atoms with Gasteiger partial charge in [0.05, 0.1) is 0 Å². The molecule has 120 valence electrons. The van der Waals surface area contributed by atoms with Crippen LogP contribution in [-0.2, 0) is 4.79 Å². The molecule has 22 heavy (non-hydrogen) atoms. The molecular weight excluding hydrogens is 296 g/mol. The Kier molecular flexibility index (Phi) is 4.64. The molecule has 0 atom stereocenters. The summed E-state index contributed by atoms with van der Waals surface area (Å²) in [6, 6.07) is 8.48. The Morgan fingerprint density at radius 3 is 2.50 bits per heavy atom. The second-order valence-corrected chi connectivity index (χ2v) is 7.49. The molecule has 0 bridgehead atoms. The Bertz CT molecular complexity index is 535. The lowest BCUT2D eigenvalue weighted by atomic mass is 9.94. The number of amides is 1. The molecule has 2 aliphatic rings. The van der Waals surface area contributed by atoms with Crippen LogP contribution in [0.3, 0.4) is 0 Å². The maximum absolute atomic E-state index is 12.6. The SMILES string of the molecule is Cc1cccc(N2CCN(C(=O)C3(O)CCSCC3)CC2)c1. The molecule has 1 amide bonds. The molecule has 2 saturated heterocycles. The largest absolute Gasteiger partial charge is 0.380 e. The van der Waals surface area contributed by atoms with Gasteiger partial charge < -0.3 is 14.9 Å².